The summed E-state index contributed by atoms with van der Waals surface area (Å²) in [6.45, 7) is 8.56. The van der Waals surface area contributed by atoms with Crippen molar-refractivity contribution in [2.75, 3.05) is 6.61 Å². The number of aryl methyl sites for hydroxylation is 1. The number of allylic oxidation sites excluding steroid dienone is 2. The zero-order valence-corrected chi connectivity index (χ0v) is 20.2. The van der Waals surface area contributed by atoms with Crippen molar-refractivity contribution in [3.63, 3.8) is 0 Å². The average Bonchev–Trinajstić information content (AvgIpc) is 2.79. The Bertz CT molecular complexity index is 1210. The van der Waals surface area contributed by atoms with Crippen molar-refractivity contribution >= 4 is 34.9 Å². The number of halogens is 2. The molecule has 0 aliphatic heterocycles. The zero-order valence-electron chi connectivity index (χ0n) is 18.7. The van der Waals surface area contributed by atoms with E-state index in [4.69, 9.17) is 32.7 Å². The van der Waals surface area contributed by atoms with Gasteiger partial charge in [0.15, 0.2) is 11.5 Å². The second-order valence-electron chi connectivity index (χ2n) is 7.49. The van der Waals surface area contributed by atoms with Crippen LogP contribution in [0.15, 0.2) is 67.3 Å². The van der Waals surface area contributed by atoms with Crippen LogP contribution in [-0.4, -0.2) is 6.61 Å². The second-order valence-corrected chi connectivity index (χ2v) is 8.34. The van der Waals surface area contributed by atoms with Crippen LogP contribution in [0.1, 0.15) is 34.7 Å². The van der Waals surface area contributed by atoms with Crippen LogP contribution in [0, 0.1) is 18.3 Å². The van der Waals surface area contributed by atoms with Gasteiger partial charge >= 0.3 is 0 Å². The quantitative estimate of drug-likeness (QED) is 0.177. The third kappa shape index (κ3) is 6.42. The van der Waals surface area contributed by atoms with Crippen LogP contribution >= 0.6 is 23.2 Å². The first kappa shape index (κ1) is 24.5. The molecule has 3 nitrogen and oxygen atoms in total. The van der Waals surface area contributed by atoms with Gasteiger partial charge in [0.05, 0.1) is 18.2 Å². The first-order valence-corrected chi connectivity index (χ1v) is 11.4. The minimum atomic E-state index is 0.266. The Hall–Kier alpha value is -3.19. The van der Waals surface area contributed by atoms with Gasteiger partial charge in [0.25, 0.3) is 0 Å². The van der Waals surface area contributed by atoms with E-state index in [9.17, 15) is 5.26 Å². The van der Waals surface area contributed by atoms with Crippen molar-refractivity contribution in [3.8, 4) is 17.6 Å². The van der Waals surface area contributed by atoms with E-state index in [-0.39, 0.29) is 6.61 Å². The van der Waals surface area contributed by atoms with E-state index in [2.05, 4.69) is 12.6 Å². The molecular weight excluding hydrogens is 453 g/mol. The maximum absolute atomic E-state index is 9.75. The highest BCUT2D eigenvalue weighted by molar-refractivity contribution is 6.35. The molecule has 0 saturated carbocycles. The molecule has 168 valence electrons. The highest BCUT2D eigenvalue weighted by Gasteiger charge is 2.15. The van der Waals surface area contributed by atoms with E-state index in [1.54, 1.807) is 12.1 Å². The maximum atomic E-state index is 9.75. The van der Waals surface area contributed by atoms with Crippen molar-refractivity contribution in [2.45, 2.75) is 26.9 Å². The predicted molar refractivity (Wildman–Crippen MR) is 137 cm³/mol. The van der Waals surface area contributed by atoms with Crippen molar-refractivity contribution < 1.29 is 9.47 Å². The van der Waals surface area contributed by atoms with Crippen LogP contribution in [0.5, 0.6) is 11.5 Å². The molecule has 33 heavy (non-hydrogen) atoms. The summed E-state index contributed by atoms with van der Waals surface area (Å²) < 4.78 is 12.1. The lowest BCUT2D eigenvalue weighted by atomic mass is 10.00. The summed E-state index contributed by atoms with van der Waals surface area (Å²) in [4.78, 5) is 0. The maximum Gasteiger partial charge on any atom is 0.165 e. The molecule has 3 aromatic carbocycles. The highest BCUT2D eigenvalue weighted by Crippen LogP contribution is 2.36. The molecule has 3 aromatic rings. The van der Waals surface area contributed by atoms with Gasteiger partial charge in [-0.05, 0) is 61.7 Å². The lowest BCUT2D eigenvalue weighted by Gasteiger charge is -2.17. The van der Waals surface area contributed by atoms with Gasteiger partial charge in [0, 0.05) is 21.2 Å². The number of nitrogens with zero attached hydrogens (tertiary/aromatic N) is 1. The topological polar surface area (TPSA) is 42.2 Å². The Morgan fingerprint density at radius 1 is 1.03 bits per heavy atom. The predicted octanol–water partition coefficient (Wildman–Crippen LogP) is 8.07. The molecule has 5 heteroatoms. The number of nitriles is 1. The van der Waals surface area contributed by atoms with Crippen LogP contribution in [0.3, 0.4) is 0 Å². The SMILES string of the molecule is C=CCc1cc(/C=C(/C#N)c2ccc(C)cc2)cc(OCC)c1OCc1ccc(Cl)cc1Cl. The average molecular weight is 478 g/mol. The highest BCUT2D eigenvalue weighted by atomic mass is 35.5. The van der Waals surface area contributed by atoms with E-state index in [0.717, 1.165) is 27.8 Å². The Morgan fingerprint density at radius 2 is 1.79 bits per heavy atom. The summed E-state index contributed by atoms with van der Waals surface area (Å²) in [6, 6.07) is 19.4. The minimum Gasteiger partial charge on any atom is -0.490 e. The molecule has 0 bridgehead atoms. The van der Waals surface area contributed by atoms with Gasteiger partial charge in [-0.15, -0.1) is 6.58 Å². The summed E-state index contributed by atoms with van der Waals surface area (Å²) in [5.74, 6) is 1.24. The van der Waals surface area contributed by atoms with Crippen LogP contribution < -0.4 is 9.47 Å². The van der Waals surface area contributed by atoms with Crippen molar-refractivity contribution in [1.82, 2.24) is 0 Å². The first-order chi connectivity index (χ1) is 15.9. The lowest BCUT2D eigenvalue weighted by Crippen LogP contribution is -2.04. The molecule has 0 radical (unpaired) electrons. The monoisotopic (exact) mass is 477 g/mol. The van der Waals surface area contributed by atoms with Crippen LogP contribution in [0.25, 0.3) is 11.6 Å². The van der Waals surface area contributed by atoms with Gasteiger partial charge in [-0.3, -0.25) is 0 Å². The number of ether oxygens (including phenoxy) is 2. The molecule has 0 unspecified atom stereocenters. The van der Waals surface area contributed by atoms with Gasteiger partial charge in [0.1, 0.15) is 6.61 Å². The molecule has 0 atom stereocenters. The smallest absolute Gasteiger partial charge is 0.165 e. The summed E-state index contributed by atoms with van der Waals surface area (Å²) >= 11 is 12.3. The number of hydrogen-bond acceptors (Lipinski definition) is 3. The number of benzene rings is 3. The number of rotatable bonds is 9. The summed E-state index contributed by atoms with van der Waals surface area (Å²) in [5.41, 5.74) is 5.17. The summed E-state index contributed by atoms with van der Waals surface area (Å²) in [5, 5.41) is 10.9. The van der Waals surface area contributed by atoms with Gasteiger partial charge in [0.2, 0.25) is 0 Å². The normalized spacial score (nSPS) is 11.1. The Kier molecular flexibility index (Phi) is 8.60. The van der Waals surface area contributed by atoms with Crippen LogP contribution in [0.2, 0.25) is 10.0 Å². The van der Waals surface area contributed by atoms with Crippen molar-refractivity contribution in [1.29, 1.82) is 5.26 Å². The third-order valence-electron chi connectivity index (χ3n) is 5.00. The molecule has 0 aliphatic carbocycles. The van der Waals surface area contributed by atoms with Crippen molar-refractivity contribution in [2.24, 2.45) is 0 Å². The molecular formula is C28H25Cl2NO2. The fourth-order valence-electron chi connectivity index (χ4n) is 3.37. The molecule has 0 N–H and O–H groups in total. The van der Waals surface area contributed by atoms with E-state index in [0.29, 0.717) is 40.1 Å². The molecule has 0 heterocycles. The minimum absolute atomic E-state index is 0.266. The second kappa shape index (κ2) is 11.6. The molecule has 0 fully saturated rings. The largest absolute Gasteiger partial charge is 0.490 e. The van der Waals surface area contributed by atoms with E-state index < -0.39 is 0 Å². The summed E-state index contributed by atoms with van der Waals surface area (Å²) in [7, 11) is 0. The number of hydrogen-bond donors (Lipinski definition) is 0. The van der Waals surface area contributed by atoms with E-state index in [1.165, 1.54) is 0 Å². The van der Waals surface area contributed by atoms with E-state index in [1.807, 2.05) is 68.5 Å². The summed E-state index contributed by atoms with van der Waals surface area (Å²) in [6.07, 6.45) is 4.25. The standard InChI is InChI=1S/C28H25Cl2NO2/c1-4-6-22-13-20(14-24(17-31)21-9-7-19(3)8-10-21)15-27(32-5-2)28(22)33-18-23-11-12-25(29)16-26(23)30/h4,7-16H,1,5-6,18H2,2-3H3/b24-14-. The first-order valence-electron chi connectivity index (χ1n) is 10.6. The van der Waals surface area contributed by atoms with Gasteiger partial charge in [-0.2, -0.15) is 5.26 Å². The lowest BCUT2D eigenvalue weighted by molar-refractivity contribution is 0.267. The molecule has 0 aromatic heterocycles. The van der Waals surface area contributed by atoms with Gasteiger partial charge in [-0.1, -0.05) is 65.2 Å². The van der Waals surface area contributed by atoms with Gasteiger partial charge < -0.3 is 9.47 Å². The Balaban J connectivity index is 2.01. The molecule has 0 spiro atoms. The van der Waals surface area contributed by atoms with Crippen LogP contribution in [-0.2, 0) is 13.0 Å². The fraction of sp³-hybridized carbons (Fsp3) is 0.179. The fourth-order valence-corrected chi connectivity index (χ4v) is 3.83. The third-order valence-corrected chi connectivity index (χ3v) is 5.59. The van der Waals surface area contributed by atoms with Crippen molar-refractivity contribution in [3.05, 3.63) is 105 Å². The Morgan fingerprint density at radius 3 is 2.42 bits per heavy atom. The Labute approximate surface area is 205 Å². The molecule has 0 saturated heterocycles. The van der Waals surface area contributed by atoms with Gasteiger partial charge in [-0.25, -0.2) is 0 Å². The molecule has 3 rings (SSSR count). The van der Waals surface area contributed by atoms with E-state index >= 15 is 0 Å². The molecule has 0 amide bonds. The zero-order chi connectivity index (χ0) is 23.8. The molecule has 0 aliphatic rings. The van der Waals surface area contributed by atoms with Crippen LogP contribution in [0.4, 0.5) is 0 Å².